The van der Waals surface area contributed by atoms with Crippen LogP contribution >= 0.6 is 58.8 Å². The molecular weight excluding hydrogens is 1520 g/mol. The van der Waals surface area contributed by atoms with Crippen molar-refractivity contribution < 1.29 is 53.0 Å². The van der Waals surface area contributed by atoms with Crippen molar-refractivity contribution >= 4 is 140 Å². The number of carbonyl (C=O) groups excluding carboxylic acids is 6. The summed E-state index contributed by atoms with van der Waals surface area (Å²) in [5.41, 5.74) is 13.6. The minimum atomic E-state index is -0.669. The largest absolute Gasteiger partial charge is 0.444 e. The summed E-state index contributed by atoms with van der Waals surface area (Å²) in [5, 5.41) is 55.8. The number of nitrogens with two attached hydrogens (primary N) is 2. The predicted octanol–water partition coefficient (Wildman–Crippen LogP) is 13.6. The van der Waals surface area contributed by atoms with Gasteiger partial charge in [0.15, 0.2) is 28.9 Å². The molecule has 536 valence electrons. The molecule has 10 aromatic rings. The van der Waals surface area contributed by atoms with E-state index in [1.807, 2.05) is 84.9 Å². The lowest BCUT2D eigenvalue weighted by molar-refractivity contribution is -0.414. The number of anilines is 5. The van der Waals surface area contributed by atoms with E-state index < -0.39 is 55.1 Å². The molecule has 0 saturated carbocycles. The number of ether oxygens (including phenoxy) is 2. The number of Topliss-reactive ketones (excluding diaryl/α,β-unsaturated/α-hetero) is 2. The third-order valence-corrected chi connectivity index (χ3v) is 13.1. The number of para-hydroxylation sites is 4. The first kappa shape index (κ1) is 81.5. The molecular formula is C66H65Cl3IN19O14. The second-order valence-corrected chi connectivity index (χ2v) is 23.7. The second-order valence-electron chi connectivity index (χ2n) is 22.6. The molecule has 3 amide bonds. The summed E-state index contributed by atoms with van der Waals surface area (Å²) in [5.74, 6) is -0.903. The van der Waals surface area contributed by atoms with Gasteiger partial charge in [0.05, 0.1) is 67.6 Å². The van der Waals surface area contributed by atoms with Crippen LogP contribution in [-0.2, 0) is 14.3 Å². The summed E-state index contributed by atoms with van der Waals surface area (Å²) in [6.45, 7) is 13.4. The quantitative estimate of drug-likeness (QED) is 0.0169. The van der Waals surface area contributed by atoms with Gasteiger partial charge in [0.1, 0.15) is 45.3 Å². The van der Waals surface area contributed by atoms with Crippen molar-refractivity contribution in [3.8, 4) is 22.7 Å². The molecule has 11 rings (SSSR count). The topological polar surface area (TPSA) is 448 Å². The van der Waals surface area contributed by atoms with Gasteiger partial charge >= 0.3 is 23.6 Å². The molecule has 0 atom stereocenters. The van der Waals surface area contributed by atoms with Gasteiger partial charge in [-0.15, -0.1) is 39.3 Å². The molecule has 1 aliphatic rings. The van der Waals surface area contributed by atoms with E-state index in [1.54, 1.807) is 106 Å². The van der Waals surface area contributed by atoms with Crippen LogP contribution in [-0.4, -0.2) is 122 Å². The molecule has 103 heavy (non-hydrogen) atoms. The average Bonchev–Trinajstić information content (AvgIpc) is 1.68. The molecule has 6 aromatic heterocycles. The van der Waals surface area contributed by atoms with Gasteiger partial charge in [-0.05, 0) is 126 Å². The van der Waals surface area contributed by atoms with E-state index in [0.29, 0.717) is 33.3 Å². The van der Waals surface area contributed by atoms with E-state index in [0.717, 1.165) is 17.1 Å². The van der Waals surface area contributed by atoms with Gasteiger partial charge in [-0.2, -0.15) is 5.10 Å². The van der Waals surface area contributed by atoms with Crippen molar-refractivity contribution in [1.29, 1.82) is 0 Å². The van der Waals surface area contributed by atoms with E-state index in [4.69, 9.17) is 55.7 Å². The fourth-order valence-corrected chi connectivity index (χ4v) is 8.36. The predicted molar refractivity (Wildman–Crippen MR) is 396 cm³/mol. The van der Waals surface area contributed by atoms with Crippen LogP contribution in [0, 0.1) is 30.3 Å². The molecule has 0 fully saturated rings. The molecule has 37 heteroatoms. The Kier molecular flexibility index (Phi) is 30.0. The number of ketones is 2. The van der Waals surface area contributed by atoms with Gasteiger partial charge in [-0.1, -0.05) is 96.0 Å². The molecule has 0 spiro atoms. The molecule has 7 heterocycles. The van der Waals surface area contributed by atoms with Gasteiger partial charge in [-0.25, -0.2) is 38.3 Å². The standard InChI is InChI=1S/C20H20ClN5O3.C14H18N4O2.C11H9N3O3.C9H8N4O2.C6H3Cl2NO.C6H6N2O3.HI/c1-20(2,3)29-19(28)23-15-12-26(14-7-5-4-6-8-14)25-17(15)24-18(27)13-9-10-16(21)22-11-13;1-14(2,3)20-13(19)16-11-9-18(17-12(11)15)10-7-5-4-6-8-10;1-8(15)11-10(14(16)17)7-13(12-11)9-5-3-2-4-6-9;10-9-8(13(14)15)6-12(11-9)7-4-2-1-3-5-7;7-5-2-1-4(3-9-5)6(8)10;1-4(9)6-5(8(10)11)2-3-7-6;/h4-12H,1-3H3,(H,23,28)(H,24,25,27);4-9H,1-3H3,(H2,15,17)(H,16,19);2-7H,1H3;1-6H,(H2,10,11);1-3H;2H,3H2,1H3;1H. The number of hydrogen-bond acceptors (Lipinski definition) is 23. The summed E-state index contributed by atoms with van der Waals surface area (Å²) in [6.07, 6.45) is 8.58. The highest BCUT2D eigenvalue weighted by Crippen LogP contribution is 2.26. The number of nitro groups is 3. The van der Waals surface area contributed by atoms with Crippen LogP contribution in [0.1, 0.15) is 86.6 Å². The van der Waals surface area contributed by atoms with E-state index >= 15 is 0 Å². The number of halogens is 4. The number of rotatable bonds is 14. The Morgan fingerprint density at radius 3 is 1.27 bits per heavy atom. The maximum absolute atomic E-state index is 12.6. The van der Waals surface area contributed by atoms with Crippen LogP contribution in [0.4, 0.5) is 49.8 Å². The molecule has 0 aliphatic carbocycles. The minimum absolute atomic E-state index is 0. The second kappa shape index (κ2) is 37.9. The van der Waals surface area contributed by atoms with Gasteiger partial charge in [0.25, 0.3) is 16.8 Å². The van der Waals surface area contributed by atoms with Gasteiger partial charge in [0.2, 0.25) is 11.5 Å². The highest BCUT2D eigenvalue weighted by molar-refractivity contribution is 14.0. The molecule has 0 unspecified atom stereocenters. The number of nitrogens with one attached hydrogen (secondary N) is 3. The molecule has 33 nitrogen and oxygen atoms in total. The number of amides is 3. The summed E-state index contributed by atoms with van der Waals surface area (Å²) < 4.78 is 16.3. The number of nitrogen functional groups attached to an aromatic ring is 2. The molecule has 0 radical (unpaired) electrons. The normalized spacial score (nSPS) is 11.0. The zero-order chi connectivity index (χ0) is 75.0. The van der Waals surface area contributed by atoms with Gasteiger partial charge in [0, 0.05) is 32.3 Å². The maximum Gasteiger partial charge on any atom is 0.412 e. The number of carbonyl (C=O) groups is 6. The number of pyridine rings is 2. The highest BCUT2D eigenvalue weighted by Gasteiger charge is 2.27. The number of hydrogen-bond donors (Lipinski definition) is 5. The molecule has 0 saturated heterocycles. The van der Waals surface area contributed by atoms with E-state index in [1.165, 1.54) is 72.3 Å². The third kappa shape index (κ3) is 25.8. The van der Waals surface area contributed by atoms with Crippen molar-refractivity contribution in [2.45, 2.75) is 66.6 Å². The van der Waals surface area contributed by atoms with Crippen molar-refractivity contribution in [3.63, 3.8) is 0 Å². The summed E-state index contributed by atoms with van der Waals surface area (Å²) >= 11 is 16.3. The lowest BCUT2D eigenvalue weighted by Crippen LogP contribution is -2.27. The zero-order valence-electron chi connectivity index (χ0n) is 55.8. The number of nitrogens with zero attached hydrogens (tertiary/aromatic N) is 14. The van der Waals surface area contributed by atoms with Crippen LogP contribution in [0.2, 0.25) is 10.3 Å². The first-order valence-electron chi connectivity index (χ1n) is 29.7. The SMILES string of the molecule is CC(=O)C1=NCC=C1[N+](=O)[O-].CC(=O)c1nn(-c2ccccc2)cc1[N+](=O)[O-].CC(C)(C)OC(=O)Nc1cn(-c2ccccc2)nc1N.CC(C)(C)OC(=O)Nc1cn(-c2ccccc2)nc1NC(=O)c1ccc(Cl)nc1.I.Nc1nn(-c2ccccc2)cc1[N+](=O)[O-].O=C(Cl)c1ccc(Cl)nc1. The lowest BCUT2D eigenvalue weighted by atomic mass is 10.2. The Balaban J connectivity index is 0.000000230. The number of allylic oxidation sites excluding steroid dienone is 1. The van der Waals surface area contributed by atoms with Crippen molar-refractivity contribution in [2.75, 3.05) is 34.0 Å². The monoisotopic (exact) mass is 1580 g/mol. The Morgan fingerprint density at radius 2 is 0.903 bits per heavy atom. The van der Waals surface area contributed by atoms with Gasteiger partial charge in [-0.3, -0.25) is 65.1 Å². The zero-order valence-corrected chi connectivity index (χ0v) is 60.4. The van der Waals surface area contributed by atoms with Crippen molar-refractivity contribution in [1.82, 2.24) is 49.1 Å². The number of aromatic nitrogens is 10. The summed E-state index contributed by atoms with van der Waals surface area (Å²) in [6, 6.07) is 42.8. The number of benzene rings is 4. The molecule has 4 aromatic carbocycles. The Labute approximate surface area is 618 Å². The maximum atomic E-state index is 12.6. The van der Waals surface area contributed by atoms with Gasteiger partial charge < -0.3 is 26.3 Å². The fourth-order valence-electron chi connectivity index (χ4n) is 8.02. The van der Waals surface area contributed by atoms with E-state index in [9.17, 15) is 59.1 Å². The molecule has 1 aliphatic heterocycles. The van der Waals surface area contributed by atoms with Crippen LogP contribution < -0.4 is 27.4 Å². The summed E-state index contributed by atoms with van der Waals surface area (Å²) in [4.78, 5) is 110. The lowest BCUT2D eigenvalue weighted by Gasteiger charge is -2.19. The van der Waals surface area contributed by atoms with Crippen LogP contribution in [0.15, 0.2) is 200 Å². The fraction of sp³-hybridized carbons (Fsp3) is 0.167. The first-order chi connectivity index (χ1) is 48.2. The minimum Gasteiger partial charge on any atom is -0.444 e. The number of aliphatic imine (C=N–C) groups is 1. The van der Waals surface area contributed by atoms with Crippen molar-refractivity contribution in [3.05, 3.63) is 252 Å². The van der Waals surface area contributed by atoms with E-state index in [-0.39, 0.29) is 87.4 Å². The van der Waals surface area contributed by atoms with Crippen LogP contribution in [0.25, 0.3) is 22.7 Å². The summed E-state index contributed by atoms with van der Waals surface area (Å²) in [7, 11) is 0. The Morgan fingerprint density at radius 1 is 0.505 bits per heavy atom. The average molecular weight is 1580 g/mol. The van der Waals surface area contributed by atoms with Crippen LogP contribution in [0.3, 0.4) is 0 Å². The third-order valence-electron chi connectivity index (χ3n) is 12.4. The van der Waals surface area contributed by atoms with Crippen molar-refractivity contribution in [2.24, 2.45) is 4.99 Å². The van der Waals surface area contributed by atoms with Crippen LogP contribution in [0.5, 0.6) is 0 Å². The highest BCUT2D eigenvalue weighted by atomic mass is 127. The smallest absolute Gasteiger partial charge is 0.412 e. The molecule has 7 N–H and O–H groups in total. The molecule has 0 bridgehead atoms. The van der Waals surface area contributed by atoms with E-state index in [2.05, 4.69) is 51.3 Å². The Hall–Kier alpha value is -12.2. The Bertz CT molecular complexity index is 4620. The first-order valence-corrected chi connectivity index (χ1v) is 30.9.